The minimum atomic E-state index is -0.00291. The lowest BCUT2D eigenvalue weighted by Crippen LogP contribution is -2.48. The maximum absolute atomic E-state index is 12.3. The summed E-state index contributed by atoms with van der Waals surface area (Å²) in [5.74, 6) is 0.200. The van der Waals surface area contributed by atoms with Gasteiger partial charge in [-0.25, -0.2) is 0 Å². The molecule has 5 heteroatoms. The van der Waals surface area contributed by atoms with Crippen LogP contribution in [0, 0.1) is 0 Å². The molecule has 17 heavy (non-hydrogen) atoms. The average Bonchev–Trinajstić information content (AvgIpc) is 2.82. The summed E-state index contributed by atoms with van der Waals surface area (Å²) in [4.78, 5) is 14.1. The van der Waals surface area contributed by atoms with Crippen LogP contribution >= 0.6 is 0 Å². The Morgan fingerprint density at radius 3 is 2.29 bits per heavy atom. The summed E-state index contributed by atoms with van der Waals surface area (Å²) in [7, 11) is 3.34. The Kier molecular flexibility index (Phi) is 4.36. The fourth-order valence-corrected chi connectivity index (χ4v) is 2.66. The minimum Gasteiger partial charge on any atom is -0.377 e. The molecule has 1 N–H and O–H groups in total. The standard InChI is InChI=1S/C12H22N2O3/c1-16-10-7-14(8-11(10)17-2)12(15)9-5-3-4-6-13-9/h9-11,13H,3-8H2,1-2H3/t9-,10-,11+/m0/s1. The van der Waals surface area contributed by atoms with Gasteiger partial charge in [-0.1, -0.05) is 6.42 Å². The van der Waals surface area contributed by atoms with Crippen LogP contribution in [0.4, 0.5) is 0 Å². The number of hydrogen-bond acceptors (Lipinski definition) is 4. The summed E-state index contributed by atoms with van der Waals surface area (Å²) in [5, 5.41) is 3.29. The number of amides is 1. The molecule has 1 amide bonds. The van der Waals surface area contributed by atoms with Crippen LogP contribution in [0.2, 0.25) is 0 Å². The maximum Gasteiger partial charge on any atom is 0.239 e. The summed E-state index contributed by atoms with van der Waals surface area (Å²) in [6.45, 7) is 2.24. The topological polar surface area (TPSA) is 50.8 Å². The van der Waals surface area contributed by atoms with Gasteiger partial charge in [-0.15, -0.1) is 0 Å². The second-order valence-electron chi connectivity index (χ2n) is 4.79. The van der Waals surface area contributed by atoms with Crippen LogP contribution in [0.5, 0.6) is 0 Å². The van der Waals surface area contributed by atoms with Crippen molar-refractivity contribution in [3.05, 3.63) is 0 Å². The number of hydrogen-bond donors (Lipinski definition) is 1. The first-order valence-electron chi connectivity index (χ1n) is 6.34. The number of ether oxygens (including phenoxy) is 2. The molecule has 5 nitrogen and oxygen atoms in total. The molecule has 2 aliphatic rings. The van der Waals surface area contributed by atoms with Crippen molar-refractivity contribution in [2.75, 3.05) is 33.9 Å². The Bertz CT molecular complexity index is 254. The summed E-state index contributed by atoms with van der Waals surface area (Å²) in [6.07, 6.45) is 3.27. The Morgan fingerprint density at radius 1 is 1.18 bits per heavy atom. The summed E-state index contributed by atoms with van der Waals surface area (Å²) in [6, 6.07) is -0.00291. The third-order valence-corrected chi connectivity index (χ3v) is 3.74. The Balaban J connectivity index is 1.92. The van der Waals surface area contributed by atoms with E-state index in [1.54, 1.807) is 14.2 Å². The van der Waals surface area contributed by atoms with Crippen molar-refractivity contribution in [1.29, 1.82) is 0 Å². The van der Waals surface area contributed by atoms with E-state index in [9.17, 15) is 4.79 Å². The molecule has 0 aromatic rings. The molecule has 0 aromatic heterocycles. The zero-order valence-corrected chi connectivity index (χ0v) is 10.6. The largest absolute Gasteiger partial charge is 0.377 e. The molecule has 2 fully saturated rings. The van der Waals surface area contributed by atoms with E-state index in [-0.39, 0.29) is 24.2 Å². The van der Waals surface area contributed by atoms with Crippen molar-refractivity contribution in [3.63, 3.8) is 0 Å². The SMILES string of the molecule is CO[C@H]1CN(C(=O)[C@@H]2CCCCN2)C[C@H]1OC. The lowest BCUT2D eigenvalue weighted by atomic mass is 10.0. The second-order valence-corrected chi connectivity index (χ2v) is 4.79. The van der Waals surface area contributed by atoms with Crippen molar-refractivity contribution in [2.45, 2.75) is 37.5 Å². The molecule has 0 bridgehead atoms. The van der Waals surface area contributed by atoms with E-state index in [2.05, 4.69) is 5.32 Å². The molecule has 0 spiro atoms. The normalized spacial score (nSPS) is 34.0. The van der Waals surface area contributed by atoms with Crippen molar-refractivity contribution in [3.8, 4) is 0 Å². The van der Waals surface area contributed by atoms with Crippen LogP contribution in [0.25, 0.3) is 0 Å². The van der Waals surface area contributed by atoms with Gasteiger partial charge in [-0.05, 0) is 19.4 Å². The molecule has 3 atom stereocenters. The molecule has 2 saturated heterocycles. The molecular formula is C12H22N2O3. The number of rotatable bonds is 3. The highest BCUT2D eigenvalue weighted by atomic mass is 16.5. The zero-order valence-electron chi connectivity index (χ0n) is 10.6. The van der Waals surface area contributed by atoms with Gasteiger partial charge in [0.1, 0.15) is 12.2 Å². The van der Waals surface area contributed by atoms with Crippen LogP contribution in [0.15, 0.2) is 0 Å². The van der Waals surface area contributed by atoms with Crippen LogP contribution < -0.4 is 5.32 Å². The highest BCUT2D eigenvalue weighted by molar-refractivity contribution is 5.82. The quantitative estimate of drug-likeness (QED) is 0.757. The van der Waals surface area contributed by atoms with Crippen LogP contribution in [-0.4, -0.2) is 62.9 Å². The number of methoxy groups -OCH3 is 2. The van der Waals surface area contributed by atoms with Crippen LogP contribution in [-0.2, 0) is 14.3 Å². The predicted octanol–water partition coefficient (Wildman–Crippen LogP) is 0.000700. The number of carbonyl (C=O) groups excluding carboxylic acids is 1. The van der Waals surface area contributed by atoms with E-state index in [0.717, 1.165) is 19.4 Å². The molecule has 2 aliphatic heterocycles. The van der Waals surface area contributed by atoms with Gasteiger partial charge in [0.15, 0.2) is 0 Å². The predicted molar refractivity (Wildman–Crippen MR) is 63.8 cm³/mol. The number of nitrogens with one attached hydrogen (secondary N) is 1. The monoisotopic (exact) mass is 242 g/mol. The van der Waals surface area contributed by atoms with Gasteiger partial charge in [0.25, 0.3) is 0 Å². The van der Waals surface area contributed by atoms with Gasteiger partial charge in [-0.3, -0.25) is 4.79 Å². The summed E-state index contributed by atoms with van der Waals surface area (Å²) in [5.41, 5.74) is 0. The molecule has 0 saturated carbocycles. The van der Waals surface area contributed by atoms with E-state index < -0.39 is 0 Å². The lowest BCUT2D eigenvalue weighted by Gasteiger charge is -2.27. The van der Waals surface area contributed by atoms with Gasteiger partial charge in [0.2, 0.25) is 5.91 Å². The zero-order chi connectivity index (χ0) is 12.3. The third-order valence-electron chi connectivity index (χ3n) is 3.74. The Morgan fingerprint density at radius 2 is 1.82 bits per heavy atom. The molecule has 2 rings (SSSR count). The molecule has 2 heterocycles. The van der Waals surface area contributed by atoms with Crippen LogP contribution in [0.3, 0.4) is 0 Å². The Labute approximate surface area is 102 Å². The number of likely N-dealkylation sites (tertiary alicyclic amines) is 1. The van der Waals surface area contributed by atoms with E-state index in [0.29, 0.717) is 13.1 Å². The first-order chi connectivity index (χ1) is 8.26. The van der Waals surface area contributed by atoms with Crippen molar-refractivity contribution in [2.24, 2.45) is 0 Å². The average molecular weight is 242 g/mol. The lowest BCUT2D eigenvalue weighted by molar-refractivity contribution is -0.133. The van der Waals surface area contributed by atoms with Gasteiger partial charge in [-0.2, -0.15) is 0 Å². The van der Waals surface area contributed by atoms with E-state index in [1.165, 1.54) is 6.42 Å². The number of nitrogens with zero attached hydrogens (tertiary/aromatic N) is 1. The van der Waals surface area contributed by atoms with Gasteiger partial charge in [0.05, 0.1) is 6.04 Å². The molecule has 98 valence electrons. The highest BCUT2D eigenvalue weighted by Crippen LogP contribution is 2.18. The molecule has 0 aliphatic carbocycles. The third kappa shape index (κ3) is 2.78. The summed E-state index contributed by atoms with van der Waals surface area (Å²) < 4.78 is 10.7. The first kappa shape index (κ1) is 12.8. The van der Waals surface area contributed by atoms with Gasteiger partial charge >= 0.3 is 0 Å². The molecular weight excluding hydrogens is 220 g/mol. The fourth-order valence-electron chi connectivity index (χ4n) is 2.66. The van der Waals surface area contributed by atoms with E-state index in [4.69, 9.17) is 9.47 Å². The van der Waals surface area contributed by atoms with Crippen LogP contribution in [0.1, 0.15) is 19.3 Å². The number of piperidine rings is 1. The van der Waals surface area contributed by atoms with E-state index >= 15 is 0 Å². The van der Waals surface area contributed by atoms with Crippen molar-refractivity contribution in [1.82, 2.24) is 10.2 Å². The molecule has 0 radical (unpaired) electrons. The maximum atomic E-state index is 12.3. The van der Waals surface area contributed by atoms with Crippen molar-refractivity contribution >= 4 is 5.91 Å². The van der Waals surface area contributed by atoms with Gasteiger partial charge in [0, 0.05) is 27.3 Å². The van der Waals surface area contributed by atoms with Crippen molar-refractivity contribution < 1.29 is 14.3 Å². The number of carbonyl (C=O) groups is 1. The fraction of sp³-hybridized carbons (Fsp3) is 0.917. The highest BCUT2D eigenvalue weighted by Gasteiger charge is 2.37. The van der Waals surface area contributed by atoms with Gasteiger partial charge < -0.3 is 19.7 Å². The van der Waals surface area contributed by atoms with E-state index in [1.807, 2.05) is 4.90 Å². The molecule has 0 aromatic carbocycles. The second kappa shape index (κ2) is 5.80. The smallest absolute Gasteiger partial charge is 0.239 e. The first-order valence-corrected chi connectivity index (χ1v) is 6.34. The molecule has 0 unspecified atom stereocenters. The Hall–Kier alpha value is -0.650. The summed E-state index contributed by atoms with van der Waals surface area (Å²) >= 11 is 0. The minimum absolute atomic E-state index is 0.00291.